The highest BCUT2D eigenvalue weighted by atomic mass is 16.1. The summed E-state index contributed by atoms with van der Waals surface area (Å²) in [5.41, 5.74) is 1.77. The third kappa shape index (κ3) is 3.62. The van der Waals surface area contributed by atoms with Crippen LogP contribution in [0.2, 0.25) is 0 Å². The van der Waals surface area contributed by atoms with Gasteiger partial charge in [0.1, 0.15) is 11.2 Å². The Bertz CT molecular complexity index is 1130. The van der Waals surface area contributed by atoms with E-state index >= 15 is 0 Å². The molecular formula is C20H17N5O2. The summed E-state index contributed by atoms with van der Waals surface area (Å²) in [6.45, 7) is 0. The molecule has 0 aliphatic rings. The highest BCUT2D eigenvalue weighted by Crippen LogP contribution is 2.14. The van der Waals surface area contributed by atoms with E-state index in [4.69, 9.17) is 0 Å². The molecule has 0 spiro atoms. The molecule has 7 nitrogen and oxygen atoms in total. The highest BCUT2D eigenvalue weighted by Gasteiger charge is 2.12. The number of anilines is 1. The van der Waals surface area contributed by atoms with Crippen molar-refractivity contribution in [3.63, 3.8) is 0 Å². The number of aromatic nitrogens is 4. The third-order valence-electron chi connectivity index (χ3n) is 4.13. The van der Waals surface area contributed by atoms with Crippen LogP contribution in [0.4, 0.5) is 5.69 Å². The number of aryl methyl sites for hydroxylation is 1. The van der Waals surface area contributed by atoms with E-state index in [0.29, 0.717) is 23.3 Å². The van der Waals surface area contributed by atoms with E-state index in [1.165, 1.54) is 6.20 Å². The van der Waals surface area contributed by atoms with Crippen molar-refractivity contribution in [2.24, 2.45) is 0 Å². The van der Waals surface area contributed by atoms with Crippen LogP contribution in [0.5, 0.6) is 0 Å². The molecule has 2 N–H and O–H groups in total. The first-order chi connectivity index (χ1) is 13.2. The molecule has 2 aromatic carbocycles. The number of hydrogen-bond donors (Lipinski definition) is 2. The van der Waals surface area contributed by atoms with Gasteiger partial charge in [0.05, 0.1) is 11.9 Å². The average molecular weight is 359 g/mol. The Balaban J connectivity index is 1.56. The minimum absolute atomic E-state index is 0.138. The molecule has 0 saturated heterocycles. The van der Waals surface area contributed by atoms with Crippen LogP contribution in [-0.4, -0.2) is 25.7 Å². The molecule has 1 amide bonds. The number of carbonyl (C=O) groups excluding carboxylic acids is 1. The van der Waals surface area contributed by atoms with Gasteiger partial charge in [-0.15, -0.1) is 0 Å². The molecule has 0 radical (unpaired) electrons. The number of H-pyrrole nitrogens is 1. The third-order valence-corrected chi connectivity index (χ3v) is 4.13. The van der Waals surface area contributed by atoms with Gasteiger partial charge in [-0.3, -0.25) is 9.59 Å². The lowest BCUT2D eigenvalue weighted by Gasteiger charge is -2.06. The Morgan fingerprint density at radius 3 is 2.48 bits per heavy atom. The molecule has 4 rings (SSSR count). The number of fused-ring (bicyclic) bond motifs is 1. The van der Waals surface area contributed by atoms with Crippen LogP contribution in [0.3, 0.4) is 0 Å². The Labute approximate surface area is 154 Å². The second-order valence-electron chi connectivity index (χ2n) is 6.06. The molecule has 4 aromatic rings. The fraction of sp³-hybridized carbons (Fsp3) is 0.100. The number of aromatic amines is 1. The zero-order valence-electron chi connectivity index (χ0n) is 14.4. The Hall–Kier alpha value is -3.74. The molecule has 0 fully saturated rings. The van der Waals surface area contributed by atoms with Gasteiger partial charge in [-0.1, -0.05) is 36.4 Å². The summed E-state index contributed by atoms with van der Waals surface area (Å²) in [4.78, 5) is 31.7. The predicted octanol–water partition coefficient (Wildman–Crippen LogP) is 2.68. The van der Waals surface area contributed by atoms with Gasteiger partial charge in [0.2, 0.25) is 5.91 Å². The fourth-order valence-electron chi connectivity index (χ4n) is 2.82. The molecule has 0 bridgehead atoms. The molecule has 2 aromatic heterocycles. The van der Waals surface area contributed by atoms with E-state index in [1.807, 2.05) is 60.7 Å². The molecule has 7 heteroatoms. The van der Waals surface area contributed by atoms with E-state index in [0.717, 1.165) is 11.4 Å². The van der Waals surface area contributed by atoms with E-state index in [2.05, 4.69) is 20.4 Å². The lowest BCUT2D eigenvalue weighted by molar-refractivity contribution is -0.116. The molecule has 134 valence electrons. The van der Waals surface area contributed by atoms with Crippen molar-refractivity contribution in [2.75, 3.05) is 5.32 Å². The number of carbonyl (C=O) groups is 1. The standard InChI is InChI=1S/C20H17N5O2/c26-18(22-14-7-3-1-4-8-14)12-11-17-23-19-16(20(27)24-17)13-21-25(19)15-9-5-2-6-10-15/h1-10,13H,11-12H2,(H,22,26)(H,23,24,27). The van der Waals surface area contributed by atoms with Crippen LogP contribution < -0.4 is 10.9 Å². The molecule has 0 unspecified atom stereocenters. The molecular weight excluding hydrogens is 342 g/mol. The Morgan fingerprint density at radius 2 is 1.74 bits per heavy atom. The normalized spacial score (nSPS) is 10.8. The summed E-state index contributed by atoms with van der Waals surface area (Å²) in [5.74, 6) is 0.314. The van der Waals surface area contributed by atoms with Gasteiger partial charge in [-0.2, -0.15) is 5.10 Å². The first-order valence-corrected chi connectivity index (χ1v) is 8.58. The van der Waals surface area contributed by atoms with Crippen molar-refractivity contribution >= 4 is 22.6 Å². The zero-order valence-corrected chi connectivity index (χ0v) is 14.4. The van der Waals surface area contributed by atoms with Gasteiger partial charge < -0.3 is 10.3 Å². The van der Waals surface area contributed by atoms with Crippen LogP contribution in [-0.2, 0) is 11.2 Å². The summed E-state index contributed by atoms with van der Waals surface area (Å²) in [6.07, 6.45) is 2.03. The first kappa shape index (κ1) is 16.7. The summed E-state index contributed by atoms with van der Waals surface area (Å²) >= 11 is 0. The number of nitrogens with one attached hydrogen (secondary N) is 2. The zero-order chi connectivity index (χ0) is 18.6. The minimum atomic E-state index is -0.263. The topological polar surface area (TPSA) is 92.7 Å². The monoisotopic (exact) mass is 359 g/mol. The van der Waals surface area contributed by atoms with E-state index in [9.17, 15) is 9.59 Å². The second-order valence-corrected chi connectivity index (χ2v) is 6.06. The SMILES string of the molecule is O=C(CCc1nc2c(cnn2-c2ccccc2)c(=O)[nH]1)Nc1ccccc1. The number of benzene rings is 2. The highest BCUT2D eigenvalue weighted by molar-refractivity contribution is 5.90. The van der Waals surface area contributed by atoms with Crippen LogP contribution in [0, 0.1) is 0 Å². The van der Waals surface area contributed by atoms with Gasteiger partial charge in [0, 0.05) is 18.5 Å². The van der Waals surface area contributed by atoms with Crippen molar-refractivity contribution < 1.29 is 4.79 Å². The van der Waals surface area contributed by atoms with Crippen LogP contribution in [0.1, 0.15) is 12.2 Å². The van der Waals surface area contributed by atoms with Crippen molar-refractivity contribution in [2.45, 2.75) is 12.8 Å². The number of rotatable bonds is 5. The fourth-order valence-corrected chi connectivity index (χ4v) is 2.82. The van der Waals surface area contributed by atoms with E-state index in [1.54, 1.807) is 4.68 Å². The average Bonchev–Trinajstić information content (AvgIpc) is 3.12. The number of para-hydroxylation sites is 2. The summed E-state index contributed by atoms with van der Waals surface area (Å²) in [5, 5.41) is 7.51. The first-order valence-electron chi connectivity index (χ1n) is 8.58. The van der Waals surface area contributed by atoms with E-state index in [-0.39, 0.29) is 17.9 Å². The number of nitrogens with zero attached hydrogens (tertiary/aromatic N) is 3. The van der Waals surface area contributed by atoms with Crippen molar-refractivity contribution in [3.8, 4) is 5.69 Å². The van der Waals surface area contributed by atoms with Crippen molar-refractivity contribution in [1.82, 2.24) is 19.7 Å². The Morgan fingerprint density at radius 1 is 1.04 bits per heavy atom. The summed E-state index contributed by atoms with van der Waals surface area (Å²) in [7, 11) is 0. The van der Waals surface area contributed by atoms with Crippen LogP contribution in [0.15, 0.2) is 71.7 Å². The van der Waals surface area contributed by atoms with Gasteiger partial charge in [-0.05, 0) is 24.3 Å². The van der Waals surface area contributed by atoms with Crippen LogP contribution >= 0.6 is 0 Å². The predicted molar refractivity (Wildman–Crippen MR) is 103 cm³/mol. The summed E-state index contributed by atoms with van der Waals surface area (Å²) < 4.78 is 1.62. The molecule has 2 heterocycles. The summed E-state index contributed by atoms with van der Waals surface area (Å²) in [6, 6.07) is 18.7. The molecule has 0 atom stereocenters. The van der Waals surface area contributed by atoms with Gasteiger partial charge in [0.15, 0.2) is 5.65 Å². The number of hydrogen-bond acceptors (Lipinski definition) is 4. The maximum atomic E-state index is 12.3. The van der Waals surface area contributed by atoms with Gasteiger partial charge in [-0.25, -0.2) is 9.67 Å². The molecule has 0 aliphatic carbocycles. The molecule has 0 saturated carbocycles. The van der Waals surface area contributed by atoms with E-state index < -0.39 is 0 Å². The Kier molecular flexibility index (Phi) is 4.49. The maximum absolute atomic E-state index is 12.3. The van der Waals surface area contributed by atoms with Crippen LogP contribution in [0.25, 0.3) is 16.7 Å². The lowest BCUT2D eigenvalue weighted by atomic mass is 10.2. The lowest BCUT2D eigenvalue weighted by Crippen LogP contribution is -2.16. The van der Waals surface area contributed by atoms with Crippen molar-refractivity contribution in [1.29, 1.82) is 0 Å². The number of amides is 1. The quantitative estimate of drug-likeness (QED) is 0.573. The molecule has 27 heavy (non-hydrogen) atoms. The van der Waals surface area contributed by atoms with Gasteiger partial charge >= 0.3 is 0 Å². The molecule has 0 aliphatic heterocycles. The van der Waals surface area contributed by atoms with Crippen molar-refractivity contribution in [3.05, 3.63) is 83.0 Å². The van der Waals surface area contributed by atoms with Gasteiger partial charge in [0.25, 0.3) is 5.56 Å². The smallest absolute Gasteiger partial charge is 0.262 e. The minimum Gasteiger partial charge on any atom is -0.326 e. The maximum Gasteiger partial charge on any atom is 0.262 e. The second kappa shape index (κ2) is 7.25. The largest absolute Gasteiger partial charge is 0.326 e.